The summed E-state index contributed by atoms with van der Waals surface area (Å²) in [7, 11) is 3.29. The molecule has 0 saturated heterocycles. The van der Waals surface area contributed by atoms with E-state index in [0.29, 0.717) is 60.8 Å². The van der Waals surface area contributed by atoms with Gasteiger partial charge in [-0.05, 0) is 186 Å². The van der Waals surface area contributed by atoms with Crippen LogP contribution in [0.4, 0.5) is 49.6 Å². The number of aryl methyl sites for hydroxylation is 2. The highest BCUT2D eigenvalue weighted by Gasteiger charge is 2.37. The zero-order valence-corrected chi connectivity index (χ0v) is 45.9. The third-order valence-corrected chi connectivity index (χ3v) is 14.3. The second kappa shape index (κ2) is 22.2. The summed E-state index contributed by atoms with van der Waals surface area (Å²) in [6, 6.07) is 19.7. The van der Waals surface area contributed by atoms with Crippen LogP contribution in [0.1, 0.15) is 144 Å². The van der Waals surface area contributed by atoms with Crippen molar-refractivity contribution in [3.8, 4) is 23.0 Å². The smallest absolute Gasteiger partial charge is 0.496 e. The van der Waals surface area contributed by atoms with Crippen molar-refractivity contribution in [1.29, 1.82) is 0 Å². The molecule has 12 nitrogen and oxygen atoms in total. The lowest BCUT2D eigenvalue weighted by Crippen LogP contribution is -2.29. The van der Waals surface area contributed by atoms with E-state index in [1.165, 1.54) is 24.3 Å². The number of hydrogen-bond donors (Lipinski definition) is 4. The van der Waals surface area contributed by atoms with Gasteiger partial charge in [0.25, 0.3) is 0 Å². The lowest BCUT2D eigenvalue weighted by Gasteiger charge is -2.40. The molecular formula is C58H76F6N6O6. The maximum Gasteiger partial charge on any atom is 0.573 e. The molecule has 2 heterocycles. The number of halogens is 6. The van der Waals surface area contributed by atoms with E-state index >= 15 is 0 Å². The zero-order valence-electron chi connectivity index (χ0n) is 45.9. The Morgan fingerprint density at radius 2 is 0.908 bits per heavy atom. The van der Waals surface area contributed by atoms with Gasteiger partial charge < -0.3 is 48.9 Å². The average molecular weight is 1070 g/mol. The first-order valence-electron chi connectivity index (χ1n) is 26.1. The van der Waals surface area contributed by atoms with Gasteiger partial charge in [0, 0.05) is 35.6 Å². The van der Waals surface area contributed by atoms with Gasteiger partial charge in [-0.3, -0.25) is 0 Å². The molecule has 0 radical (unpaired) electrons. The van der Waals surface area contributed by atoms with Gasteiger partial charge in [0.15, 0.2) is 0 Å². The number of alkyl halides is 6. The van der Waals surface area contributed by atoms with E-state index in [-0.39, 0.29) is 34.4 Å². The molecule has 6 aromatic rings. The molecule has 4 N–H and O–H groups in total. The Kier molecular flexibility index (Phi) is 16.9. The van der Waals surface area contributed by atoms with Crippen molar-refractivity contribution < 1.29 is 55.5 Å². The molecule has 4 atom stereocenters. The quantitative estimate of drug-likeness (QED) is 0.0694. The molecule has 0 amide bonds. The molecule has 0 unspecified atom stereocenters. The van der Waals surface area contributed by atoms with E-state index in [9.17, 15) is 36.6 Å². The first-order chi connectivity index (χ1) is 35.2. The standard InChI is InChI=1S/2C29H38F3N3O3/c2*1-18-13-21(17-27(2,3)16-18)35-24-15-25(37-6)19(11-12-28(4,5)36)14-23(24)34-26(35)33-20-7-9-22(10-8-20)38-29(30,31)32/h2*7-10,14-15,18,21,36H,11-13,16-17H2,1-6H3,(H,33,34)/t2*18-,21+/m10/s1. The molecule has 76 heavy (non-hydrogen) atoms. The van der Waals surface area contributed by atoms with Gasteiger partial charge in [-0.2, -0.15) is 0 Å². The zero-order chi connectivity index (χ0) is 55.8. The van der Waals surface area contributed by atoms with Crippen molar-refractivity contribution >= 4 is 45.3 Å². The van der Waals surface area contributed by atoms with E-state index in [1.54, 1.807) is 66.2 Å². The number of methoxy groups -OCH3 is 2. The first-order valence-corrected chi connectivity index (χ1v) is 26.1. The molecule has 0 spiro atoms. The van der Waals surface area contributed by atoms with Crippen LogP contribution >= 0.6 is 0 Å². The molecule has 2 aliphatic carbocycles. The third kappa shape index (κ3) is 15.6. The van der Waals surface area contributed by atoms with Crippen LogP contribution in [-0.2, 0) is 12.8 Å². The molecule has 0 aliphatic heterocycles. The van der Waals surface area contributed by atoms with Crippen molar-refractivity contribution in [1.82, 2.24) is 19.1 Å². The number of nitrogens with one attached hydrogen (secondary N) is 2. The summed E-state index contributed by atoms with van der Waals surface area (Å²) in [6.07, 6.45) is -0.868. The molecule has 2 aromatic heterocycles. The first kappa shape index (κ1) is 57.8. The Morgan fingerprint density at radius 1 is 0.566 bits per heavy atom. The molecule has 4 aromatic carbocycles. The molecule has 2 aliphatic rings. The predicted octanol–water partition coefficient (Wildman–Crippen LogP) is 15.6. The fraction of sp³-hybridized carbons (Fsp3) is 0.552. The summed E-state index contributed by atoms with van der Waals surface area (Å²) in [5.41, 5.74) is 5.30. The van der Waals surface area contributed by atoms with E-state index in [1.807, 2.05) is 24.3 Å². The van der Waals surface area contributed by atoms with Crippen LogP contribution in [-0.4, -0.2) is 67.5 Å². The van der Waals surface area contributed by atoms with Gasteiger partial charge in [0.05, 0.1) is 47.5 Å². The van der Waals surface area contributed by atoms with Gasteiger partial charge in [-0.1, -0.05) is 41.5 Å². The average Bonchev–Trinajstić information content (AvgIpc) is 3.81. The van der Waals surface area contributed by atoms with E-state index in [4.69, 9.17) is 19.4 Å². The largest absolute Gasteiger partial charge is 0.573 e. The number of aliphatic hydroxyl groups is 2. The summed E-state index contributed by atoms with van der Waals surface area (Å²) in [5, 5.41) is 27.2. The number of nitrogens with zero attached hydrogens (tertiary/aromatic N) is 4. The number of hydrogen-bond acceptors (Lipinski definition) is 10. The summed E-state index contributed by atoms with van der Waals surface area (Å²) in [5.74, 6) is 3.24. The second-order valence-corrected chi connectivity index (χ2v) is 24.1. The predicted molar refractivity (Wildman–Crippen MR) is 286 cm³/mol. The van der Waals surface area contributed by atoms with E-state index in [0.717, 1.165) is 83.2 Å². The van der Waals surface area contributed by atoms with Gasteiger partial charge in [0.1, 0.15) is 23.0 Å². The highest BCUT2D eigenvalue weighted by atomic mass is 19.4. The number of benzene rings is 4. The number of anilines is 4. The maximum atomic E-state index is 12.6. The van der Waals surface area contributed by atoms with Crippen molar-refractivity contribution in [3.63, 3.8) is 0 Å². The molecule has 0 bridgehead atoms. The van der Waals surface area contributed by atoms with Crippen LogP contribution in [0.2, 0.25) is 0 Å². The Hall–Kier alpha value is -5.88. The molecule has 8 rings (SSSR count). The van der Waals surface area contributed by atoms with Crippen LogP contribution in [0.25, 0.3) is 22.1 Å². The highest BCUT2D eigenvalue weighted by molar-refractivity contribution is 5.84. The molecular weight excluding hydrogens is 991 g/mol. The van der Waals surface area contributed by atoms with Crippen molar-refractivity contribution in [2.24, 2.45) is 22.7 Å². The minimum Gasteiger partial charge on any atom is -0.496 e. The summed E-state index contributed by atoms with van der Waals surface area (Å²) >= 11 is 0. The van der Waals surface area contributed by atoms with Crippen LogP contribution in [0.15, 0.2) is 72.8 Å². The molecule has 2 fully saturated rings. The van der Waals surface area contributed by atoms with Gasteiger partial charge >= 0.3 is 12.7 Å². The summed E-state index contributed by atoms with van der Waals surface area (Å²) in [4.78, 5) is 9.88. The van der Waals surface area contributed by atoms with Crippen LogP contribution in [0, 0.1) is 22.7 Å². The summed E-state index contributed by atoms with van der Waals surface area (Å²) < 4.78 is 99.6. The Balaban J connectivity index is 0.000000221. The molecule has 416 valence electrons. The van der Waals surface area contributed by atoms with Crippen molar-refractivity contribution in [2.45, 2.75) is 169 Å². The normalized spacial score (nSPS) is 19.9. The van der Waals surface area contributed by atoms with Crippen LogP contribution in [0.5, 0.6) is 23.0 Å². The Labute approximate surface area is 442 Å². The van der Waals surface area contributed by atoms with E-state index < -0.39 is 23.9 Å². The van der Waals surface area contributed by atoms with Crippen molar-refractivity contribution in [2.75, 3.05) is 24.9 Å². The van der Waals surface area contributed by atoms with Crippen molar-refractivity contribution in [3.05, 3.63) is 83.9 Å². The number of aromatic nitrogens is 4. The van der Waals surface area contributed by atoms with Crippen LogP contribution < -0.4 is 29.6 Å². The fourth-order valence-electron chi connectivity index (χ4n) is 11.6. The second-order valence-electron chi connectivity index (χ2n) is 24.1. The van der Waals surface area contributed by atoms with Gasteiger partial charge in [-0.25, -0.2) is 9.97 Å². The Morgan fingerprint density at radius 3 is 1.20 bits per heavy atom. The number of ether oxygens (including phenoxy) is 4. The van der Waals surface area contributed by atoms with E-state index in [2.05, 4.69) is 70.8 Å². The number of fused-ring (bicyclic) bond motifs is 2. The third-order valence-electron chi connectivity index (χ3n) is 14.3. The maximum absolute atomic E-state index is 12.6. The Bertz CT molecular complexity index is 2720. The fourth-order valence-corrected chi connectivity index (χ4v) is 11.6. The summed E-state index contributed by atoms with van der Waals surface area (Å²) in [6.45, 7) is 20.8. The topological polar surface area (TPSA) is 137 Å². The lowest BCUT2D eigenvalue weighted by molar-refractivity contribution is -0.275. The number of rotatable bonds is 16. The van der Waals surface area contributed by atoms with Gasteiger partial charge in [0.2, 0.25) is 11.9 Å². The lowest BCUT2D eigenvalue weighted by atomic mass is 9.70. The minimum absolute atomic E-state index is 0.156. The van der Waals surface area contributed by atoms with Gasteiger partial charge in [-0.15, -0.1) is 26.3 Å². The monoisotopic (exact) mass is 1070 g/mol. The highest BCUT2D eigenvalue weighted by Crippen LogP contribution is 2.48. The van der Waals surface area contributed by atoms with Crippen LogP contribution in [0.3, 0.4) is 0 Å². The minimum atomic E-state index is -4.74. The SMILES string of the molecule is COc1cc2c(cc1CCC(C)(C)O)nc(Nc1ccc(OC(F)(F)F)cc1)n2[C@@H]1C[C@H](C)CC(C)(C)C1.COc1cc2c(cc1CCC(C)(C)O)nc(Nc1ccc(OC(F)(F)F)cc1)n2[C@H]1C[C@@H](C)CC(C)(C)C1. The molecule has 2 saturated carbocycles. The molecule has 18 heteroatoms. The number of imidazole rings is 2.